The van der Waals surface area contributed by atoms with E-state index in [-0.39, 0.29) is 6.61 Å². The average Bonchev–Trinajstić information content (AvgIpc) is 2.96. The Balaban J connectivity index is 2.05. The van der Waals surface area contributed by atoms with E-state index in [9.17, 15) is 0 Å². The lowest BCUT2D eigenvalue weighted by Gasteiger charge is -2.12. The highest BCUT2D eigenvalue weighted by atomic mass is 16.2. The van der Waals surface area contributed by atoms with Gasteiger partial charge in [0.15, 0.2) is 0 Å². The molecule has 1 nitrogen and oxygen atoms in total. The van der Waals surface area contributed by atoms with Crippen molar-refractivity contribution in [3.63, 3.8) is 0 Å². The van der Waals surface area contributed by atoms with Crippen LogP contribution in [0, 0.1) is 5.41 Å². The summed E-state index contributed by atoms with van der Waals surface area (Å²) in [6, 6.07) is 0. The first-order valence-corrected chi connectivity index (χ1v) is 5.70. The molecule has 0 spiro atoms. The van der Waals surface area contributed by atoms with Crippen molar-refractivity contribution in [1.29, 1.82) is 0 Å². The van der Waals surface area contributed by atoms with E-state index in [2.05, 4.69) is 12.7 Å². The van der Waals surface area contributed by atoms with Crippen molar-refractivity contribution >= 4 is 0 Å². The van der Waals surface area contributed by atoms with Crippen molar-refractivity contribution in [3.05, 3.63) is 24.8 Å². The third-order valence-electron chi connectivity index (χ3n) is 3.19. The van der Waals surface area contributed by atoms with Crippen molar-refractivity contribution in [2.24, 2.45) is 5.41 Å². The molecule has 0 saturated heterocycles. The van der Waals surface area contributed by atoms with Gasteiger partial charge >= 0.3 is 0 Å². The van der Waals surface area contributed by atoms with Gasteiger partial charge in [0.05, 0.1) is 6.61 Å². The molecule has 0 aromatic carbocycles. The standard InChI is InChI=1S/C13H22O/c1-2-3-8-13(10-11-13)9-6-4-5-7-12-14/h2,5,7,14H,1,3-4,6,8-12H2/b7-5+. The zero-order chi connectivity index (χ0) is 10.3. The van der Waals surface area contributed by atoms with E-state index in [1.807, 2.05) is 12.2 Å². The van der Waals surface area contributed by atoms with Gasteiger partial charge in [-0.2, -0.15) is 0 Å². The number of unbranched alkanes of at least 4 members (excludes halogenated alkanes) is 1. The Morgan fingerprint density at radius 1 is 1.14 bits per heavy atom. The van der Waals surface area contributed by atoms with Gasteiger partial charge in [-0.15, -0.1) is 6.58 Å². The SMILES string of the molecule is C=CCCC1(CCC/C=C/CO)CC1. The van der Waals surface area contributed by atoms with Gasteiger partial charge in [0.1, 0.15) is 0 Å². The van der Waals surface area contributed by atoms with E-state index >= 15 is 0 Å². The fraction of sp³-hybridized carbons (Fsp3) is 0.692. The van der Waals surface area contributed by atoms with Crippen LogP contribution in [0.4, 0.5) is 0 Å². The van der Waals surface area contributed by atoms with E-state index in [1.54, 1.807) is 0 Å². The van der Waals surface area contributed by atoms with E-state index in [4.69, 9.17) is 5.11 Å². The Labute approximate surface area is 87.5 Å². The molecule has 0 amide bonds. The fourth-order valence-electron chi connectivity index (χ4n) is 2.00. The predicted molar refractivity (Wildman–Crippen MR) is 61.2 cm³/mol. The van der Waals surface area contributed by atoms with Crippen LogP contribution in [-0.2, 0) is 0 Å². The lowest BCUT2D eigenvalue weighted by molar-refractivity contribution is 0.342. The number of aliphatic hydroxyl groups excluding tert-OH is 1. The van der Waals surface area contributed by atoms with E-state index < -0.39 is 0 Å². The Kier molecular flexibility index (Phi) is 4.95. The largest absolute Gasteiger partial charge is 0.392 e. The molecule has 1 N–H and O–H groups in total. The molecule has 1 aliphatic rings. The summed E-state index contributed by atoms with van der Waals surface area (Å²) >= 11 is 0. The van der Waals surface area contributed by atoms with E-state index in [1.165, 1.54) is 38.5 Å². The van der Waals surface area contributed by atoms with Crippen molar-refractivity contribution in [3.8, 4) is 0 Å². The van der Waals surface area contributed by atoms with E-state index in [0.29, 0.717) is 5.41 Å². The van der Waals surface area contributed by atoms with Gasteiger partial charge in [0, 0.05) is 0 Å². The van der Waals surface area contributed by atoms with Crippen molar-refractivity contribution < 1.29 is 5.11 Å². The predicted octanol–water partition coefficient (Wildman–Crippen LogP) is 3.45. The summed E-state index contributed by atoms with van der Waals surface area (Å²) in [5, 5.41) is 8.56. The third-order valence-corrected chi connectivity index (χ3v) is 3.19. The maximum atomic E-state index is 8.56. The minimum Gasteiger partial charge on any atom is -0.392 e. The summed E-state index contributed by atoms with van der Waals surface area (Å²) in [7, 11) is 0. The number of aliphatic hydroxyl groups is 1. The highest BCUT2D eigenvalue weighted by molar-refractivity contribution is 4.94. The van der Waals surface area contributed by atoms with Gasteiger partial charge in [0.25, 0.3) is 0 Å². The molecule has 1 aliphatic carbocycles. The fourth-order valence-corrected chi connectivity index (χ4v) is 2.00. The molecule has 0 bridgehead atoms. The second-order valence-corrected chi connectivity index (χ2v) is 4.37. The van der Waals surface area contributed by atoms with Crippen LogP contribution in [0.3, 0.4) is 0 Å². The molecule has 1 heteroatoms. The smallest absolute Gasteiger partial charge is 0.0612 e. The van der Waals surface area contributed by atoms with Crippen LogP contribution in [-0.4, -0.2) is 11.7 Å². The Morgan fingerprint density at radius 2 is 1.93 bits per heavy atom. The molecule has 0 aliphatic heterocycles. The van der Waals surface area contributed by atoms with Crippen LogP contribution >= 0.6 is 0 Å². The summed E-state index contributed by atoms with van der Waals surface area (Å²) < 4.78 is 0. The normalized spacial score (nSPS) is 18.6. The zero-order valence-electron chi connectivity index (χ0n) is 9.04. The molecule has 14 heavy (non-hydrogen) atoms. The third kappa shape index (κ3) is 4.10. The Bertz CT molecular complexity index is 189. The molecular formula is C13H22O. The first-order chi connectivity index (χ1) is 6.83. The number of allylic oxidation sites excluding steroid dienone is 2. The molecule has 80 valence electrons. The molecule has 0 atom stereocenters. The van der Waals surface area contributed by atoms with Crippen LogP contribution in [0.1, 0.15) is 44.9 Å². The summed E-state index contributed by atoms with van der Waals surface area (Å²) in [5.41, 5.74) is 0.682. The molecule has 0 radical (unpaired) electrons. The van der Waals surface area contributed by atoms with Crippen LogP contribution in [0.5, 0.6) is 0 Å². The summed E-state index contributed by atoms with van der Waals surface area (Å²) in [4.78, 5) is 0. The molecule has 0 heterocycles. The van der Waals surface area contributed by atoms with Gasteiger partial charge in [0.2, 0.25) is 0 Å². The number of hydrogen-bond acceptors (Lipinski definition) is 1. The second kappa shape index (κ2) is 6.02. The Morgan fingerprint density at radius 3 is 2.50 bits per heavy atom. The quantitative estimate of drug-likeness (QED) is 0.463. The number of rotatable bonds is 8. The minimum absolute atomic E-state index is 0.182. The van der Waals surface area contributed by atoms with Crippen LogP contribution in [0.25, 0.3) is 0 Å². The second-order valence-electron chi connectivity index (χ2n) is 4.37. The average molecular weight is 194 g/mol. The lowest BCUT2D eigenvalue weighted by atomic mass is 9.93. The first kappa shape index (κ1) is 11.5. The van der Waals surface area contributed by atoms with Gasteiger partial charge < -0.3 is 5.11 Å². The van der Waals surface area contributed by atoms with Gasteiger partial charge in [-0.3, -0.25) is 0 Å². The monoisotopic (exact) mass is 194 g/mol. The van der Waals surface area contributed by atoms with Gasteiger partial charge in [-0.1, -0.05) is 18.2 Å². The van der Waals surface area contributed by atoms with Crippen LogP contribution in [0.2, 0.25) is 0 Å². The summed E-state index contributed by atoms with van der Waals surface area (Å²) in [6.45, 7) is 3.96. The van der Waals surface area contributed by atoms with Crippen molar-refractivity contribution in [2.75, 3.05) is 6.61 Å². The molecule has 1 rings (SSSR count). The lowest BCUT2D eigenvalue weighted by Crippen LogP contribution is -1.99. The maximum Gasteiger partial charge on any atom is 0.0612 e. The maximum absolute atomic E-state index is 8.56. The van der Waals surface area contributed by atoms with Crippen molar-refractivity contribution in [1.82, 2.24) is 0 Å². The molecule has 0 aromatic heterocycles. The number of hydrogen-bond donors (Lipinski definition) is 1. The summed E-state index contributed by atoms with van der Waals surface area (Å²) in [5.74, 6) is 0. The molecule has 1 fully saturated rings. The minimum atomic E-state index is 0.182. The van der Waals surface area contributed by atoms with Crippen LogP contribution in [0.15, 0.2) is 24.8 Å². The van der Waals surface area contributed by atoms with Crippen LogP contribution < -0.4 is 0 Å². The highest BCUT2D eigenvalue weighted by Crippen LogP contribution is 2.53. The Hall–Kier alpha value is -0.560. The highest BCUT2D eigenvalue weighted by Gasteiger charge is 2.40. The molecule has 1 saturated carbocycles. The summed E-state index contributed by atoms with van der Waals surface area (Å²) in [6.07, 6.45) is 15.1. The van der Waals surface area contributed by atoms with Crippen molar-refractivity contribution in [2.45, 2.75) is 44.9 Å². The molecule has 0 unspecified atom stereocenters. The van der Waals surface area contributed by atoms with Gasteiger partial charge in [-0.25, -0.2) is 0 Å². The topological polar surface area (TPSA) is 20.2 Å². The first-order valence-electron chi connectivity index (χ1n) is 5.70. The van der Waals surface area contributed by atoms with E-state index in [0.717, 1.165) is 6.42 Å². The van der Waals surface area contributed by atoms with Gasteiger partial charge in [-0.05, 0) is 50.4 Å². The zero-order valence-corrected chi connectivity index (χ0v) is 9.04. The molecular weight excluding hydrogens is 172 g/mol. The molecule has 0 aromatic rings.